The standard InChI is InChI=1S/C14H25N5OS/c1-10(2)9-12-16-17-13(21-12)15-11-5-7-19(8-6-11)14(20)18(3)4/h10-11H,5-9H2,1-4H3,(H,15,17). The number of aromatic nitrogens is 2. The second-order valence-corrected chi connectivity index (χ2v) is 7.24. The van der Waals surface area contributed by atoms with Crippen LogP contribution in [0.3, 0.4) is 0 Å². The van der Waals surface area contributed by atoms with Crippen LogP contribution in [0.1, 0.15) is 31.7 Å². The van der Waals surface area contributed by atoms with Crippen LogP contribution in [0.4, 0.5) is 9.93 Å². The molecule has 0 saturated carbocycles. The third-order valence-corrected chi connectivity index (χ3v) is 4.40. The van der Waals surface area contributed by atoms with Crippen molar-refractivity contribution in [2.24, 2.45) is 5.92 Å². The van der Waals surface area contributed by atoms with Gasteiger partial charge in [-0.25, -0.2) is 4.79 Å². The quantitative estimate of drug-likeness (QED) is 0.927. The lowest BCUT2D eigenvalue weighted by Gasteiger charge is -2.33. The number of likely N-dealkylation sites (tertiary alicyclic amines) is 1. The van der Waals surface area contributed by atoms with E-state index >= 15 is 0 Å². The maximum absolute atomic E-state index is 11.9. The molecule has 118 valence electrons. The molecule has 1 fully saturated rings. The van der Waals surface area contributed by atoms with Crippen LogP contribution < -0.4 is 5.32 Å². The van der Waals surface area contributed by atoms with E-state index in [1.54, 1.807) is 30.3 Å². The van der Waals surface area contributed by atoms with Gasteiger partial charge in [0, 0.05) is 39.6 Å². The van der Waals surface area contributed by atoms with Crippen molar-refractivity contribution in [1.29, 1.82) is 0 Å². The number of piperidine rings is 1. The van der Waals surface area contributed by atoms with E-state index in [0.29, 0.717) is 12.0 Å². The van der Waals surface area contributed by atoms with E-state index in [0.717, 1.165) is 42.5 Å². The zero-order valence-electron chi connectivity index (χ0n) is 13.3. The van der Waals surface area contributed by atoms with Gasteiger partial charge < -0.3 is 15.1 Å². The van der Waals surface area contributed by atoms with Crippen LogP contribution in [0.2, 0.25) is 0 Å². The van der Waals surface area contributed by atoms with Crippen molar-refractivity contribution in [1.82, 2.24) is 20.0 Å². The van der Waals surface area contributed by atoms with E-state index in [4.69, 9.17) is 0 Å². The summed E-state index contributed by atoms with van der Waals surface area (Å²) in [4.78, 5) is 15.4. The lowest BCUT2D eigenvalue weighted by molar-refractivity contribution is 0.158. The highest BCUT2D eigenvalue weighted by Crippen LogP contribution is 2.22. The van der Waals surface area contributed by atoms with Gasteiger partial charge in [0.15, 0.2) is 0 Å². The summed E-state index contributed by atoms with van der Waals surface area (Å²) in [6.45, 7) is 5.97. The Bertz CT molecular complexity index is 466. The molecule has 2 heterocycles. The van der Waals surface area contributed by atoms with Crippen molar-refractivity contribution >= 4 is 22.5 Å². The molecule has 7 heteroatoms. The first-order valence-corrected chi connectivity index (χ1v) is 8.32. The highest BCUT2D eigenvalue weighted by molar-refractivity contribution is 7.15. The first-order chi connectivity index (χ1) is 9.95. The van der Waals surface area contributed by atoms with Crippen molar-refractivity contribution in [3.63, 3.8) is 0 Å². The molecule has 2 amide bonds. The number of hydrogen-bond donors (Lipinski definition) is 1. The minimum atomic E-state index is 0.101. The van der Waals surface area contributed by atoms with Gasteiger partial charge in [-0.2, -0.15) is 0 Å². The molecular formula is C14H25N5OS. The fourth-order valence-electron chi connectivity index (χ4n) is 2.42. The molecule has 1 aliphatic heterocycles. The lowest BCUT2D eigenvalue weighted by atomic mass is 10.1. The number of nitrogens with zero attached hydrogens (tertiary/aromatic N) is 4. The van der Waals surface area contributed by atoms with Gasteiger partial charge in [-0.05, 0) is 18.8 Å². The van der Waals surface area contributed by atoms with E-state index in [1.165, 1.54) is 0 Å². The molecule has 0 radical (unpaired) electrons. The van der Waals surface area contributed by atoms with Gasteiger partial charge in [-0.15, -0.1) is 10.2 Å². The van der Waals surface area contributed by atoms with Crippen LogP contribution in [-0.4, -0.2) is 59.3 Å². The van der Waals surface area contributed by atoms with E-state index < -0.39 is 0 Å². The molecule has 1 aromatic rings. The normalized spacial score (nSPS) is 16.3. The molecule has 2 rings (SSSR count). The molecule has 0 aliphatic carbocycles. The Hall–Kier alpha value is -1.37. The Morgan fingerprint density at radius 2 is 2.05 bits per heavy atom. The Morgan fingerprint density at radius 1 is 1.38 bits per heavy atom. The zero-order chi connectivity index (χ0) is 15.4. The number of nitrogens with one attached hydrogen (secondary N) is 1. The Labute approximate surface area is 130 Å². The van der Waals surface area contributed by atoms with Gasteiger partial charge in [0.2, 0.25) is 5.13 Å². The summed E-state index contributed by atoms with van der Waals surface area (Å²) in [5.74, 6) is 0.603. The van der Waals surface area contributed by atoms with Gasteiger partial charge in [0.25, 0.3) is 0 Å². The molecule has 0 aromatic carbocycles. The minimum Gasteiger partial charge on any atom is -0.357 e. The van der Waals surface area contributed by atoms with Crippen LogP contribution in [0.15, 0.2) is 0 Å². The third kappa shape index (κ3) is 4.56. The average Bonchev–Trinajstić information content (AvgIpc) is 2.85. The largest absolute Gasteiger partial charge is 0.357 e. The second kappa shape index (κ2) is 7.06. The first-order valence-electron chi connectivity index (χ1n) is 7.51. The summed E-state index contributed by atoms with van der Waals surface area (Å²) >= 11 is 1.64. The molecular weight excluding hydrogens is 286 g/mol. The molecule has 21 heavy (non-hydrogen) atoms. The Balaban J connectivity index is 1.81. The highest BCUT2D eigenvalue weighted by atomic mass is 32.1. The van der Waals surface area contributed by atoms with Crippen LogP contribution in [0.25, 0.3) is 0 Å². The Kier molecular flexibility index (Phi) is 5.39. The molecule has 0 spiro atoms. The van der Waals surface area contributed by atoms with E-state index in [1.807, 2.05) is 4.90 Å². The molecule has 0 atom stereocenters. The second-order valence-electron chi connectivity index (χ2n) is 6.18. The maximum atomic E-state index is 11.9. The van der Waals surface area contributed by atoms with Crippen LogP contribution >= 0.6 is 11.3 Å². The minimum absolute atomic E-state index is 0.101. The van der Waals surface area contributed by atoms with Gasteiger partial charge >= 0.3 is 6.03 Å². The van der Waals surface area contributed by atoms with Crippen LogP contribution in [0, 0.1) is 5.92 Å². The van der Waals surface area contributed by atoms with E-state index in [-0.39, 0.29) is 6.03 Å². The summed E-state index contributed by atoms with van der Waals surface area (Å²) in [7, 11) is 3.59. The molecule has 1 aromatic heterocycles. The summed E-state index contributed by atoms with van der Waals surface area (Å²) in [5.41, 5.74) is 0. The summed E-state index contributed by atoms with van der Waals surface area (Å²) in [6, 6.07) is 0.486. The summed E-state index contributed by atoms with van der Waals surface area (Å²) < 4.78 is 0. The van der Waals surface area contributed by atoms with Crippen molar-refractivity contribution < 1.29 is 4.79 Å². The molecule has 1 N–H and O–H groups in total. The van der Waals surface area contributed by atoms with Gasteiger partial charge in [-0.3, -0.25) is 0 Å². The highest BCUT2D eigenvalue weighted by Gasteiger charge is 2.24. The van der Waals surface area contributed by atoms with Gasteiger partial charge in [0.1, 0.15) is 5.01 Å². The number of amides is 2. The Morgan fingerprint density at radius 3 is 2.62 bits per heavy atom. The van der Waals surface area contributed by atoms with Gasteiger partial charge in [-0.1, -0.05) is 25.2 Å². The van der Waals surface area contributed by atoms with E-state index in [2.05, 4.69) is 29.4 Å². The number of urea groups is 1. The maximum Gasteiger partial charge on any atom is 0.319 e. The number of hydrogen-bond acceptors (Lipinski definition) is 5. The fraction of sp³-hybridized carbons (Fsp3) is 0.786. The zero-order valence-corrected chi connectivity index (χ0v) is 14.1. The van der Waals surface area contributed by atoms with Crippen LogP contribution in [-0.2, 0) is 6.42 Å². The lowest BCUT2D eigenvalue weighted by Crippen LogP contribution is -2.46. The smallest absolute Gasteiger partial charge is 0.319 e. The predicted octanol–water partition coefficient (Wildman–Crippen LogP) is 2.29. The summed E-state index contributed by atoms with van der Waals surface area (Å²) in [6.07, 6.45) is 2.90. The first kappa shape index (κ1) is 16.0. The summed E-state index contributed by atoms with van der Waals surface area (Å²) in [5, 5.41) is 13.9. The number of carbonyl (C=O) groups excluding carboxylic acids is 1. The van der Waals surface area contributed by atoms with E-state index in [9.17, 15) is 4.79 Å². The number of rotatable bonds is 4. The van der Waals surface area contributed by atoms with Crippen molar-refractivity contribution in [3.8, 4) is 0 Å². The molecule has 1 aliphatic rings. The topological polar surface area (TPSA) is 61.4 Å². The monoisotopic (exact) mass is 311 g/mol. The van der Waals surface area contributed by atoms with Crippen molar-refractivity contribution in [3.05, 3.63) is 5.01 Å². The van der Waals surface area contributed by atoms with Gasteiger partial charge in [0.05, 0.1) is 0 Å². The molecule has 1 saturated heterocycles. The van der Waals surface area contributed by atoms with Crippen LogP contribution in [0.5, 0.6) is 0 Å². The molecule has 6 nitrogen and oxygen atoms in total. The SMILES string of the molecule is CC(C)Cc1nnc(NC2CCN(C(=O)N(C)C)CC2)s1. The number of anilines is 1. The van der Waals surface area contributed by atoms with Crippen molar-refractivity contribution in [2.45, 2.75) is 39.2 Å². The molecule has 0 bridgehead atoms. The fourth-order valence-corrected chi connectivity index (χ4v) is 3.44. The van der Waals surface area contributed by atoms with Crippen molar-refractivity contribution in [2.75, 3.05) is 32.5 Å². The predicted molar refractivity (Wildman–Crippen MR) is 85.8 cm³/mol. The molecule has 0 unspecified atom stereocenters. The third-order valence-electron chi connectivity index (χ3n) is 3.53. The average molecular weight is 311 g/mol. The number of carbonyl (C=O) groups is 1.